The van der Waals surface area contributed by atoms with E-state index < -0.39 is 21.8 Å². The third-order valence-electron chi connectivity index (χ3n) is 2.86. The van der Waals surface area contributed by atoms with Gasteiger partial charge in [0.05, 0.1) is 16.6 Å². The second-order valence-electron chi connectivity index (χ2n) is 4.35. The lowest BCUT2D eigenvalue weighted by molar-refractivity contribution is -0.255. The highest BCUT2D eigenvalue weighted by atomic mass is 32.2. The number of para-hydroxylation sites is 1. The molecule has 1 N–H and O–H groups in total. The molecule has 0 aliphatic rings. The van der Waals surface area contributed by atoms with E-state index in [-0.39, 0.29) is 16.1 Å². The van der Waals surface area contributed by atoms with Gasteiger partial charge in [0.1, 0.15) is 5.82 Å². The summed E-state index contributed by atoms with van der Waals surface area (Å²) < 4.78 is 39.8. The van der Waals surface area contributed by atoms with Crippen LogP contribution >= 0.6 is 0 Å². The standard InChI is InChI=1S/C14H12FNO4S/c1-9-6-7-10(8-11(9)14(17)18)21(19,20)16-13-5-3-2-4-12(13)15/h2-8,16H,1H3,(H,17,18)/p-1. The van der Waals surface area contributed by atoms with Crippen LogP contribution in [0.5, 0.6) is 0 Å². The van der Waals surface area contributed by atoms with Gasteiger partial charge in [0.2, 0.25) is 0 Å². The summed E-state index contributed by atoms with van der Waals surface area (Å²) in [6, 6.07) is 8.84. The molecule has 0 saturated heterocycles. The Morgan fingerprint density at radius 3 is 2.48 bits per heavy atom. The first kappa shape index (κ1) is 15.0. The van der Waals surface area contributed by atoms with Crippen LogP contribution in [0.2, 0.25) is 0 Å². The van der Waals surface area contributed by atoms with E-state index in [1.165, 1.54) is 37.3 Å². The zero-order valence-corrected chi connectivity index (χ0v) is 11.8. The first-order chi connectivity index (χ1) is 9.81. The molecule has 0 aliphatic carbocycles. The smallest absolute Gasteiger partial charge is 0.262 e. The minimum Gasteiger partial charge on any atom is -0.545 e. The van der Waals surface area contributed by atoms with Crippen molar-refractivity contribution in [1.82, 2.24) is 0 Å². The van der Waals surface area contributed by atoms with Crippen molar-refractivity contribution in [2.45, 2.75) is 11.8 Å². The first-order valence-corrected chi connectivity index (χ1v) is 7.39. The molecule has 7 heteroatoms. The summed E-state index contributed by atoms with van der Waals surface area (Å²) in [5.74, 6) is -2.20. The van der Waals surface area contributed by atoms with Gasteiger partial charge in [-0.1, -0.05) is 18.2 Å². The highest BCUT2D eigenvalue weighted by Crippen LogP contribution is 2.20. The van der Waals surface area contributed by atoms with E-state index in [4.69, 9.17) is 0 Å². The van der Waals surface area contributed by atoms with Crippen LogP contribution in [0.15, 0.2) is 47.4 Å². The summed E-state index contributed by atoms with van der Waals surface area (Å²) >= 11 is 0. The fourth-order valence-corrected chi connectivity index (χ4v) is 2.83. The van der Waals surface area contributed by atoms with Gasteiger partial charge in [0.25, 0.3) is 10.0 Å². The average molecular weight is 308 g/mol. The molecule has 0 aromatic heterocycles. The lowest BCUT2D eigenvalue weighted by Crippen LogP contribution is -2.24. The molecule has 0 amide bonds. The minimum atomic E-state index is -4.09. The van der Waals surface area contributed by atoms with Crippen LogP contribution in [0.4, 0.5) is 10.1 Å². The molecule has 0 atom stereocenters. The van der Waals surface area contributed by atoms with Gasteiger partial charge in [-0.15, -0.1) is 0 Å². The normalized spacial score (nSPS) is 11.1. The molecule has 21 heavy (non-hydrogen) atoms. The molecule has 0 saturated carbocycles. The molecular weight excluding hydrogens is 297 g/mol. The number of anilines is 1. The molecule has 0 aliphatic heterocycles. The van der Waals surface area contributed by atoms with Gasteiger partial charge in [-0.05, 0) is 36.8 Å². The van der Waals surface area contributed by atoms with E-state index in [2.05, 4.69) is 4.72 Å². The molecule has 0 fully saturated rings. The molecule has 2 rings (SSSR count). The highest BCUT2D eigenvalue weighted by Gasteiger charge is 2.17. The second kappa shape index (κ2) is 5.53. The Labute approximate surface area is 121 Å². The van der Waals surface area contributed by atoms with Crippen LogP contribution in [-0.2, 0) is 10.0 Å². The lowest BCUT2D eigenvalue weighted by Gasteiger charge is -2.12. The van der Waals surface area contributed by atoms with Crippen LogP contribution in [0, 0.1) is 12.7 Å². The second-order valence-corrected chi connectivity index (χ2v) is 6.03. The van der Waals surface area contributed by atoms with Crippen LogP contribution < -0.4 is 9.83 Å². The van der Waals surface area contributed by atoms with Crippen molar-refractivity contribution < 1.29 is 22.7 Å². The Morgan fingerprint density at radius 1 is 1.19 bits per heavy atom. The number of carbonyl (C=O) groups excluding carboxylic acids is 1. The number of hydrogen-bond acceptors (Lipinski definition) is 4. The monoisotopic (exact) mass is 308 g/mol. The molecule has 0 bridgehead atoms. The molecule has 110 valence electrons. The summed E-state index contributed by atoms with van der Waals surface area (Å²) in [5, 5.41) is 10.9. The summed E-state index contributed by atoms with van der Waals surface area (Å²) in [6.07, 6.45) is 0. The Balaban J connectivity index is 2.43. The van der Waals surface area contributed by atoms with Crippen molar-refractivity contribution >= 4 is 21.7 Å². The van der Waals surface area contributed by atoms with Gasteiger partial charge in [-0.2, -0.15) is 0 Å². The molecule has 0 radical (unpaired) electrons. The Kier molecular flexibility index (Phi) is 3.95. The number of carboxylic acid groups (broad SMARTS) is 1. The zero-order valence-electron chi connectivity index (χ0n) is 11.0. The van der Waals surface area contributed by atoms with Crippen LogP contribution in [0.1, 0.15) is 15.9 Å². The van der Waals surface area contributed by atoms with Crippen molar-refractivity contribution in [3.63, 3.8) is 0 Å². The van der Waals surface area contributed by atoms with E-state index in [1.54, 1.807) is 0 Å². The third kappa shape index (κ3) is 3.19. The number of carbonyl (C=O) groups is 1. The van der Waals surface area contributed by atoms with Gasteiger partial charge in [-0.25, -0.2) is 12.8 Å². The maximum atomic E-state index is 13.5. The molecular formula is C14H11FNO4S-. The van der Waals surface area contributed by atoms with Crippen LogP contribution in [-0.4, -0.2) is 14.4 Å². The first-order valence-electron chi connectivity index (χ1n) is 5.90. The molecule has 0 unspecified atom stereocenters. The number of rotatable bonds is 4. The summed E-state index contributed by atoms with van der Waals surface area (Å²) in [7, 11) is -4.09. The highest BCUT2D eigenvalue weighted by molar-refractivity contribution is 7.92. The number of carboxylic acids is 1. The third-order valence-corrected chi connectivity index (χ3v) is 4.22. The van der Waals surface area contributed by atoms with E-state index in [0.29, 0.717) is 5.56 Å². The van der Waals surface area contributed by atoms with Gasteiger partial charge >= 0.3 is 0 Å². The minimum absolute atomic E-state index is 0.215. The van der Waals surface area contributed by atoms with Crippen molar-refractivity contribution in [1.29, 1.82) is 0 Å². The number of hydrogen-bond donors (Lipinski definition) is 1. The SMILES string of the molecule is Cc1ccc(S(=O)(=O)Nc2ccccc2F)cc1C(=O)[O-]. The zero-order chi connectivity index (χ0) is 15.6. The maximum Gasteiger partial charge on any atom is 0.262 e. The van der Waals surface area contributed by atoms with E-state index in [9.17, 15) is 22.7 Å². The maximum absolute atomic E-state index is 13.5. The van der Waals surface area contributed by atoms with Crippen LogP contribution in [0.3, 0.4) is 0 Å². The predicted molar refractivity (Wildman–Crippen MR) is 72.7 cm³/mol. The molecule has 2 aromatic carbocycles. The number of benzene rings is 2. The van der Waals surface area contributed by atoms with Gasteiger partial charge in [0, 0.05) is 5.56 Å². The fraction of sp³-hybridized carbons (Fsp3) is 0.0714. The lowest BCUT2D eigenvalue weighted by atomic mass is 10.1. The van der Waals surface area contributed by atoms with Gasteiger partial charge in [0.15, 0.2) is 0 Å². The molecule has 0 spiro atoms. The Bertz CT molecular complexity index is 802. The van der Waals surface area contributed by atoms with Crippen molar-refractivity contribution in [2.24, 2.45) is 0 Å². The van der Waals surface area contributed by atoms with Crippen LogP contribution in [0.25, 0.3) is 0 Å². The van der Waals surface area contributed by atoms with E-state index >= 15 is 0 Å². The molecule has 0 heterocycles. The summed E-state index contributed by atoms with van der Waals surface area (Å²) in [5.41, 5.74) is -0.0701. The number of halogens is 1. The topological polar surface area (TPSA) is 86.3 Å². The largest absolute Gasteiger partial charge is 0.545 e. The summed E-state index contributed by atoms with van der Waals surface area (Å²) in [6.45, 7) is 1.52. The van der Waals surface area contributed by atoms with Crippen molar-refractivity contribution in [3.05, 3.63) is 59.4 Å². The van der Waals surface area contributed by atoms with Crippen molar-refractivity contribution in [3.8, 4) is 0 Å². The predicted octanol–water partition coefficient (Wildman–Crippen LogP) is 1.30. The number of aromatic carboxylic acids is 1. The Hall–Kier alpha value is -2.41. The van der Waals surface area contributed by atoms with Crippen molar-refractivity contribution in [2.75, 3.05) is 4.72 Å². The average Bonchev–Trinajstić information content (AvgIpc) is 2.41. The fourth-order valence-electron chi connectivity index (χ4n) is 1.74. The number of sulfonamides is 1. The quantitative estimate of drug-likeness (QED) is 0.922. The van der Waals surface area contributed by atoms with Gasteiger partial charge in [-0.3, -0.25) is 4.72 Å². The Morgan fingerprint density at radius 2 is 1.86 bits per heavy atom. The summed E-state index contributed by atoms with van der Waals surface area (Å²) in [4.78, 5) is 10.6. The number of nitrogens with one attached hydrogen (secondary N) is 1. The molecule has 2 aromatic rings. The van der Waals surface area contributed by atoms with Gasteiger partial charge < -0.3 is 9.90 Å². The van der Waals surface area contributed by atoms with E-state index in [0.717, 1.165) is 12.1 Å². The van der Waals surface area contributed by atoms with E-state index in [1.807, 2.05) is 0 Å². The number of aryl methyl sites for hydroxylation is 1. The molecule has 5 nitrogen and oxygen atoms in total.